The van der Waals surface area contributed by atoms with Crippen LogP contribution in [-0.2, 0) is 32.6 Å². The number of sulfonamides is 1. The topological polar surface area (TPSA) is 96.0 Å². The molecule has 0 bridgehead atoms. The van der Waals surface area contributed by atoms with Crippen LogP contribution in [0.5, 0.6) is 5.75 Å². The van der Waals surface area contributed by atoms with Gasteiger partial charge in [-0.2, -0.15) is 0 Å². The maximum absolute atomic E-state index is 14.7. The van der Waals surface area contributed by atoms with E-state index in [0.29, 0.717) is 17.3 Å². The highest BCUT2D eigenvalue weighted by Gasteiger charge is 2.35. The fourth-order valence-electron chi connectivity index (χ4n) is 5.11. The number of rotatable bonds is 14. The molecular formula is C37H42ClN3O5S. The zero-order valence-electron chi connectivity index (χ0n) is 27.4. The lowest BCUT2D eigenvalue weighted by Gasteiger charge is -2.34. The van der Waals surface area contributed by atoms with Gasteiger partial charge in [0.15, 0.2) is 0 Å². The first-order chi connectivity index (χ1) is 22.4. The van der Waals surface area contributed by atoms with Crippen LogP contribution in [0.4, 0.5) is 5.69 Å². The maximum atomic E-state index is 14.7. The lowest BCUT2D eigenvalue weighted by Crippen LogP contribution is -2.53. The number of methoxy groups -OCH3 is 1. The van der Waals surface area contributed by atoms with Crippen molar-refractivity contribution in [2.75, 3.05) is 24.5 Å². The Hall–Kier alpha value is -4.34. The Morgan fingerprint density at radius 1 is 0.851 bits per heavy atom. The van der Waals surface area contributed by atoms with Crippen molar-refractivity contribution >= 4 is 39.1 Å². The molecule has 248 valence electrons. The van der Waals surface area contributed by atoms with Gasteiger partial charge < -0.3 is 15.0 Å². The molecule has 8 nitrogen and oxygen atoms in total. The zero-order chi connectivity index (χ0) is 34.1. The molecule has 1 atom stereocenters. The first-order valence-corrected chi connectivity index (χ1v) is 17.3. The number of carbonyl (C=O) groups is 2. The predicted molar refractivity (Wildman–Crippen MR) is 187 cm³/mol. The van der Waals surface area contributed by atoms with Crippen LogP contribution in [0.2, 0.25) is 5.02 Å². The molecule has 0 heterocycles. The maximum Gasteiger partial charge on any atom is 0.264 e. The standard InChI is InChI=1S/C37H42ClN3O5S/c1-26(2)23-39-37(43)34(22-29-9-7-6-8-10-29)40(24-30-14-16-31(38)17-15-30)36(42)25-41(33-21-28(4)13-20-35(33)46-5)47(44,45)32-18-11-27(3)12-19-32/h6-21,26,34H,22-25H2,1-5H3,(H,39,43)/t34-/m1/s1. The molecular weight excluding hydrogens is 634 g/mol. The van der Waals surface area contributed by atoms with Gasteiger partial charge in [0, 0.05) is 24.5 Å². The molecule has 0 saturated heterocycles. The summed E-state index contributed by atoms with van der Waals surface area (Å²) in [7, 11) is -2.81. The molecule has 0 fully saturated rings. The minimum atomic E-state index is -4.27. The molecule has 4 aromatic carbocycles. The Labute approximate surface area is 283 Å². The fraction of sp³-hybridized carbons (Fsp3) is 0.297. The summed E-state index contributed by atoms with van der Waals surface area (Å²) < 4.78 is 35.4. The molecule has 0 aliphatic rings. The van der Waals surface area contributed by atoms with Crippen molar-refractivity contribution in [3.8, 4) is 5.75 Å². The van der Waals surface area contributed by atoms with Crippen LogP contribution in [0.1, 0.15) is 36.1 Å². The summed E-state index contributed by atoms with van der Waals surface area (Å²) in [5, 5.41) is 3.53. The normalized spacial score (nSPS) is 12.0. The zero-order valence-corrected chi connectivity index (χ0v) is 29.0. The van der Waals surface area contributed by atoms with E-state index in [4.69, 9.17) is 16.3 Å². The van der Waals surface area contributed by atoms with E-state index in [9.17, 15) is 18.0 Å². The van der Waals surface area contributed by atoms with E-state index >= 15 is 0 Å². The van der Waals surface area contributed by atoms with E-state index in [1.165, 1.54) is 24.1 Å². The van der Waals surface area contributed by atoms with Gasteiger partial charge in [0.2, 0.25) is 11.8 Å². The molecule has 10 heteroatoms. The third kappa shape index (κ3) is 9.36. The Morgan fingerprint density at radius 3 is 2.11 bits per heavy atom. The van der Waals surface area contributed by atoms with Crippen LogP contribution < -0.4 is 14.4 Å². The number of anilines is 1. The number of nitrogens with zero attached hydrogens (tertiary/aromatic N) is 2. The molecule has 0 aromatic heterocycles. The molecule has 47 heavy (non-hydrogen) atoms. The van der Waals surface area contributed by atoms with Crippen LogP contribution in [0.25, 0.3) is 0 Å². The summed E-state index contributed by atoms with van der Waals surface area (Å²) in [5.41, 5.74) is 3.49. The van der Waals surface area contributed by atoms with Crippen molar-refractivity contribution in [2.45, 2.75) is 51.6 Å². The van der Waals surface area contributed by atoms with Crippen molar-refractivity contribution < 1.29 is 22.7 Å². The smallest absolute Gasteiger partial charge is 0.264 e. The van der Waals surface area contributed by atoms with Crippen LogP contribution in [0.3, 0.4) is 0 Å². The minimum Gasteiger partial charge on any atom is -0.495 e. The van der Waals surface area contributed by atoms with Crippen molar-refractivity contribution in [3.63, 3.8) is 0 Å². The second-order valence-corrected chi connectivity index (χ2v) is 14.3. The van der Waals surface area contributed by atoms with Gasteiger partial charge in [-0.25, -0.2) is 8.42 Å². The Bertz CT molecular complexity index is 1760. The van der Waals surface area contributed by atoms with Crippen molar-refractivity contribution in [2.24, 2.45) is 5.92 Å². The summed E-state index contributed by atoms with van der Waals surface area (Å²) in [6, 6.07) is 27.2. The highest BCUT2D eigenvalue weighted by molar-refractivity contribution is 7.92. The molecule has 0 saturated carbocycles. The number of amides is 2. The minimum absolute atomic E-state index is 0.0271. The molecule has 0 spiro atoms. The number of aryl methyl sites for hydroxylation is 2. The average molecular weight is 676 g/mol. The highest BCUT2D eigenvalue weighted by atomic mass is 35.5. The summed E-state index contributed by atoms with van der Waals surface area (Å²) in [6.45, 7) is 7.58. The van der Waals surface area contributed by atoms with Gasteiger partial charge in [0.25, 0.3) is 10.0 Å². The molecule has 2 amide bonds. The van der Waals surface area contributed by atoms with Gasteiger partial charge in [-0.1, -0.05) is 91.7 Å². The number of carbonyl (C=O) groups excluding carboxylic acids is 2. The molecule has 4 rings (SSSR count). The van der Waals surface area contributed by atoms with Crippen LogP contribution in [-0.4, -0.2) is 51.4 Å². The second kappa shape index (κ2) is 16.0. The number of benzene rings is 4. The van der Waals surface area contributed by atoms with Gasteiger partial charge >= 0.3 is 0 Å². The summed E-state index contributed by atoms with van der Waals surface area (Å²) >= 11 is 6.17. The number of halogens is 1. The largest absolute Gasteiger partial charge is 0.495 e. The third-order valence-electron chi connectivity index (χ3n) is 7.71. The first kappa shape index (κ1) is 35.5. The summed E-state index contributed by atoms with van der Waals surface area (Å²) in [6.07, 6.45) is 0.225. The molecule has 0 radical (unpaired) electrons. The van der Waals surface area contributed by atoms with Crippen LogP contribution in [0.15, 0.2) is 102 Å². The lowest BCUT2D eigenvalue weighted by atomic mass is 10.0. The predicted octanol–water partition coefficient (Wildman–Crippen LogP) is 6.57. The summed E-state index contributed by atoms with van der Waals surface area (Å²) in [5.74, 6) is -0.412. The Morgan fingerprint density at radius 2 is 1.49 bits per heavy atom. The van der Waals surface area contributed by atoms with Crippen LogP contribution >= 0.6 is 11.6 Å². The molecule has 4 aromatic rings. The van der Waals surface area contributed by atoms with E-state index in [1.54, 1.807) is 48.5 Å². The van der Waals surface area contributed by atoms with E-state index in [0.717, 1.165) is 26.6 Å². The quantitative estimate of drug-likeness (QED) is 0.163. The summed E-state index contributed by atoms with van der Waals surface area (Å²) in [4.78, 5) is 30.1. The molecule has 0 aliphatic carbocycles. The highest BCUT2D eigenvalue weighted by Crippen LogP contribution is 2.34. The van der Waals surface area contributed by atoms with Gasteiger partial charge in [-0.3, -0.25) is 13.9 Å². The number of hydrogen-bond donors (Lipinski definition) is 1. The Balaban J connectivity index is 1.84. The van der Waals surface area contributed by atoms with Gasteiger partial charge in [-0.05, 0) is 72.9 Å². The molecule has 0 aliphatic heterocycles. The number of nitrogens with one attached hydrogen (secondary N) is 1. The van der Waals surface area contributed by atoms with Gasteiger partial charge in [0.1, 0.15) is 18.3 Å². The third-order valence-corrected chi connectivity index (χ3v) is 9.74. The SMILES string of the molecule is COc1ccc(C)cc1N(CC(=O)N(Cc1ccc(Cl)cc1)[C@H](Cc1ccccc1)C(=O)NCC(C)C)S(=O)(=O)c1ccc(C)cc1. The van der Waals surface area contributed by atoms with Crippen LogP contribution in [0, 0.1) is 19.8 Å². The first-order valence-electron chi connectivity index (χ1n) is 15.5. The molecule has 0 unspecified atom stereocenters. The van der Waals surface area contributed by atoms with Crippen molar-refractivity contribution in [3.05, 3.63) is 124 Å². The van der Waals surface area contributed by atoms with Gasteiger partial charge in [0.05, 0.1) is 17.7 Å². The Kier molecular flexibility index (Phi) is 12.1. The molecule has 1 N–H and O–H groups in total. The van der Waals surface area contributed by atoms with Crippen molar-refractivity contribution in [1.82, 2.24) is 10.2 Å². The van der Waals surface area contributed by atoms with E-state index in [-0.39, 0.29) is 35.4 Å². The lowest BCUT2D eigenvalue weighted by molar-refractivity contribution is -0.140. The van der Waals surface area contributed by atoms with Gasteiger partial charge in [-0.15, -0.1) is 0 Å². The monoisotopic (exact) mass is 675 g/mol. The number of hydrogen-bond acceptors (Lipinski definition) is 5. The number of ether oxygens (including phenoxy) is 1. The second-order valence-electron chi connectivity index (χ2n) is 12.0. The van der Waals surface area contributed by atoms with E-state index < -0.39 is 28.5 Å². The fourth-order valence-corrected chi connectivity index (χ4v) is 6.65. The van der Waals surface area contributed by atoms with E-state index in [2.05, 4.69) is 5.32 Å². The average Bonchev–Trinajstić information content (AvgIpc) is 3.05. The van der Waals surface area contributed by atoms with E-state index in [1.807, 2.05) is 64.1 Å². The van der Waals surface area contributed by atoms with Crippen molar-refractivity contribution in [1.29, 1.82) is 0 Å².